The Balaban J connectivity index is 2.41. The number of aliphatic hydroxyl groups is 1. The highest BCUT2D eigenvalue weighted by Gasteiger charge is 2.56. The molecule has 0 heterocycles. The molecule has 0 bridgehead atoms. The van der Waals surface area contributed by atoms with E-state index in [1.54, 1.807) is 18.2 Å². The van der Waals surface area contributed by atoms with Gasteiger partial charge in [0.2, 0.25) is 0 Å². The first-order chi connectivity index (χ1) is 6.74. The fraction of sp³-hybridized carbons (Fsp3) is 0.364. The van der Waals surface area contributed by atoms with Gasteiger partial charge in [-0.1, -0.05) is 18.2 Å². The first-order valence-corrected chi connectivity index (χ1v) is 4.51. The molecule has 14 heavy (non-hydrogen) atoms. The van der Waals surface area contributed by atoms with Crippen LogP contribution in [0.25, 0.3) is 0 Å². The molecule has 0 amide bonds. The van der Waals surface area contributed by atoms with E-state index in [0.29, 0.717) is 12.0 Å². The molecule has 0 radical (unpaired) electrons. The highest BCUT2D eigenvalue weighted by atomic mass is 19.1. The molecule has 1 fully saturated rings. The minimum absolute atomic E-state index is 0.0537. The van der Waals surface area contributed by atoms with Crippen molar-refractivity contribution in [3.8, 4) is 6.07 Å². The molecular weight excluding hydrogens is 181 g/mol. The number of rotatable bonds is 2. The molecule has 2 nitrogen and oxygen atoms in total. The van der Waals surface area contributed by atoms with Crippen molar-refractivity contribution in [2.75, 3.05) is 6.61 Å². The van der Waals surface area contributed by atoms with E-state index in [-0.39, 0.29) is 18.3 Å². The van der Waals surface area contributed by atoms with Crippen LogP contribution in [0.3, 0.4) is 0 Å². The highest BCUT2D eigenvalue weighted by molar-refractivity contribution is 5.42. The summed E-state index contributed by atoms with van der Waals surface area (Å²) >= 11 is 0. The maximum Gasteiger partial charge on any atom is 0.128 e. The Bertz CT molecular complexity index is 399. The monoisotopic (exact) mass is 191 g/mol. The number of hydrogen-bond donors (Lipinski definition) is 1. The van der Waals surface area contributed by atoms with Crippen molar-refractivity contribution in [2.24, 2.45) is 5.92 Å². The molecular formula is C11H10FNO. The normalized spacial score (nSPS) is 29.6. The van der Waals surface area contributed by atoms with Crippen molar-refractivity contribution in [3.05, 3.63) is 35.6 Å². The lowest BCUT2D eigenvalue weighted by Crippen LogP contribution is -2.11. The van der Waals surface area contributed by atoms with E-state index in [1.165, 1.54) is 6.07 Å². The van der Waals surface area contributed by atoms with Crippen LogP contribution in [0.5, 0.6) is 0 Å². The molecule has 2 unspecified atom stereocenters. The van der Waals surface area contributed by atoms with Gasteiger partial charge in [-0.3, -0.25) is 0 Å². The van der Waals surface area contributed by atoms with E-state index in [4.69, 9.17) is 10.4 Å². The summed E-state index contributed by atoms with van der Waals surface area (Å²) in [5, 5.41) is 18.0. The molecule has 2 atom stereocenters. The van der Waals surface area contributed by atoms with Crippen molar-refractivity contribution in [3.63, 3.8) is 0 Å². The lowest BCUT2D eigenvalue weighted by molar-refractivity contribution is 0.268. The van der Waals surface area contributed by atoms with Gasteiger partial charge in [0.25, 0.3) is 0 Å². The molecule has 0 aromatic heterocycles. The molecule has 2 rings (SSSR count). The molecule has 1 aliphatic rings. The highest BCUT2D eigenvalue weighted by Crippen LogP contribution is 2.54. The zero-order valence-corrected chi connectivity index (χ0v) is 7.57. The first kappa shape index (κ1) is 9.17. The summed E-state index contributed by atoms with van der Waals surface area (Å²) in [5.41, 5.74) is -0.360. The Morgan fingerprint density at radius 3 is 2.79 bits per heavy atom. The van der Waals surface area contributed by atoms with Crippen LogP contribution in [0.15, 0.2) is 24.3 Å². The molecule has 0 aliphatic heterocycles. The summed E-state index contributed by atoms with van der Waals surface area (Å²) in [6.07, 6.45) is 0.556. The molecule has 0 saturated heterocycles. The summed E-state index contributed by atoms with van der Waals surface area (Å²) in [7, 11) is 0. The molecule has 1 N–H and O–H groups in total. The van der Waals surface area contributed by atoms with Gasteiger partial charge in [0.05, 0.1) is 11.5 Å². The van der Waals surface area contributed by atoms with E-state index < -0.39 is 5.41 Å². The largest absolute Gasteiger partial charge is 0.396 e. The van der Waals surface area contributed by atoms with Crippen LogP contribution in [0.2, 0.25) is 0 Å². The minimum atomic E-state index is -0.778. The molecule has 1 aromatic carbocycles. The molecule has 1 aromatic rings. The van der Waals surface area contributed by atoms with E-state index in [1.807, 2.05) is 0 Å². The fourth-order valence-corrected chi connectivity index (χ4v) is 1.90. The molecule has 0 spiro atoms. The van der Waals surface area contributed by atoms with Crippen molar-refractivity contribution >= 4 is 0 Å². The third-order valence-electron chi connectivity index (χ3n) is 2.88. The molecule has 3 heteroatoms. The van der Waals surface area contributed by atoms with Gasteiger partial charge in [0, 0.05) is 18.1 Å². The van der Waals surface area contributed by atoms with Gasteiger partial charge in [0.15, 0.2) is 0 Å². The lowest BCUT2D eigenvalue weighted by atomic mass is 9.94. The average molecular weight is 191 g/mol. The second kappa shape index (κ2) is 3.07. The topological polar surface area (TPSA) is 44.0 Å². The van der Waals surface area contributed by atoms with Gasteiger partial charge in [-0.2, -0.15) is 5.26 Å². The number of halogens is 1. The van der Waals surface area contributed by atoms with Crippen molar-refractivity contribution in [1.82, 2.24) is 0 Å². The van der Waals surface area contributed by atoms with Gasteiger partial charge < -0.3 is 5.11 Å². The predicted molar refractivity (Wildman–Crippen MR) is 48.9 cm³/mol. The van der Waals surface area contributed by atoms with E-state index >= 15 is 0 Å². The quantitative estimate of drug-likeness (QED) is 0.771. The molecule has 72 valence electrons. The number of hydrogen-bond acceptors (Lipinski definition) is 2. The Hall–Kier alpha value is -1.40. The van der Waals surface area contributed by atoms with Crippen LogP contribution >= 0.6 is 0 Å². The number of nitriles is 1. The van der Waals surface area contributed by atoms with Gasteiger partial charge in [-0.05, 0) is 12.5 Å². The van der Waals surface area contributed by atoms with Gasteiger partial charge >= 0.3 is 0 Å². The Kier molecular flexibility index (Phi) is 2.01. The smallest absolute Gasteiger partial charge is 0.128 e. The maximum absolute atomic E-state index is 13.4. The predicted octanol–water partition coefficient (Wildman–Crippen LogP) is 1.60. The maximum atomic E-state index is 13.4. The number of nitrogens with zero attached hydrogens (tertiary/aromatic N) is 1. The van der Waals surface area contributed by atoms with Crippen molar-refractivity contribution < 1.29 is 9.50 Å². The van der Waals surface area contributed by atoms with Gasteiger partial charge in [-0.25, -0.2) is 4.39 Å². The van der Waals surface area contributed by atoms with Crippen LogP contribution in [0.1, 0.15) is 12.0 Å². The zero-order chi connectivity index (χ0) is 10.2. The van der Waals surface area contributed by atoms with Gasteiger partial charge in [-0.15, -0.1) is 0 Å². The number of benzene rings is 1. The van der Waals surface area contributed by atoms with Crippen LogP contribution in [-0.2, 0) is 5.41 Å². The summed E-state index contributed by atoms with van der Waals surface area (Å²) in [6.45, 7) is -0.0537. The minimum Gasteiger partial charge on any atom is -0.396 e. The zero-order valence-electron chi connectivity index (χ0n) is 7.57. The molecule has 1 saturated carbocycles. The van der Waals surface area contributed by atoms with Crippen LogP contribution in [0.4, 0.5) is 4.39 Å². The van der Waals surface area contributed by atoms with E-state index in [9.17, 15) is 4.39 Å². The Morgan fingerprint density at radius 1 is 1.57 bits per heavy atom. The molecule has 1 aliphatic carbocycles. The van der Waals surface area contributed by atoms with E-state index in [2.05, 4.69) is 6.07 Å². The summed E-state index contributed by atoms with van der Waals surface area (Å²) in [6, 6.07) is 8.39. The van der Waals surface area contributed by atoms with Crippen LogP contribution in [-0.4, -0.2) is 11.7 Å². The number of aliphatic hydroxyl groups excluding tert-OH is 1. The summed E-state index contributed by atoms with van der Waals surface area (Å²) < 4.78 is 13.4. The van der Waals surface area contributed by atoms with Crippen molar-refractivity contribution in [2.45, 2.75) is 11.8 Å². The lowest BCUT2D eigenvalue weighted by Gasteiger charge is -2.08. The Morgan fingerprint density at radius 2 is 2.29 bits per heavy atom. The summed E-state index contributed by atoms with van der Waals surface area (Å²) in [4.78, 5) is 0. The van der Waals surface area contributed by atoms with Crippen molar-refractivity contribution in [1.29, 1.82) is 5.26 Å². The Labute approximate surface area is 81.6 Å². The fourth-order valence-electron chi connectivity index (χ4n) is 1.90. The van der Waals surface area contributed by atoms with Crippen LogP contribution < -0.4 is 0 Å². The van der Waals surface area contributed by atoms with Gasteiger partial charge in [0.1, 0.15) is 5.82 Å². The second-order valence-corrected chi connectivity index (χ2v) is 3.65. The average Bonchev–Trinajstić information content (AvgIpc) is 2.93. The third kappa shape index (κ3) is 1.11. The third-order valence-corrected chi connectivity index (χ3v) is 2.88. The summed E-state index contributed by atoms with van der Waals surface area (Å²) in [5.74, 6) is -0.464. The standard InChI is InChI=1S/C11H10FNO/c12-10-4-2-1-3-9(10)11(7-13)5-8(11)6-14/h1-4,8,14H,5-6H2. The first-order valence-electron chi connectivity index (χ1n) is 4.51. The van der Waals surface area contributed by atoms with Crippen LogP contribution in [0, 0.1) is 23.1 Å². The van der Waals surface area contributed by atoms with E-state index in [0.717, 1.165) is 0 Å². The second-order valence-electron chi connectivity index (χ2n) is 3.65. The SMILES string of the molecule is N#CC1(c2ccccc2F)CC1CO.